The van der Waals surface area contributed by atoms with Gasteiger partial charge in [0.1, 0.15) is 0 Å². The molecule has 0 aliphatic carbocycles. The molecule has 0 bridgehead atoms. The summed E-state index contributed by atoms with van der Waals surface area (Å²) in [6.07, 6.45) is 3.87. The van der Waals surface area contributed by atoms with Gasteiger partial charge in [0.05, 0.1) is 0 Å². The summed E-state index contributed by atoms with van der Waals surface area (Å²) < 4.78 is 0. The van der Waals surface area contributed by atoms with Crippen LogP contribution in [0.3, 0.4) is 0 Å². The largest absolute Gasteiger partial charge is 0.317 e. The summed E-state index contributed by atoms with van der Waals surface area (Å²) in [5, 5.41) is 3.42. The molecule has 1 saturated heterocycles. The van der Waals surface area contributed by atoms with E-state index in [0.717, 1.165) is 32.0 Å². The maximum absolute atomic E-state index is 3.42. The first-order valence-electron chi connectivity index (χ1n) is 7.79. The second-order valence-corrected chi connectivity index (χ2v) is 5.83. The molecule has 0 atom stereocenters. The van der Waals surface area contributed by atoms with E-state index in [-0.39, 0.29) is 0 Å². The van der Waals surface area contributed by atoms with Gasteiger partial charge in [-0.25, -0.2) is 0 Å². The van der Waals surface area contributed by atoms with Crippen LogP contribution in [0, 0.1) is 5.92 Å². The highest BCUT2D eigenvalue weighted by molar-refractivity contribution is 5.27. The first kappa shape index (κ1) is 14.5. The van der Waals surface area contributed by atoms with Crippen LogP contribution in [-0.4, -0.2) is 31.1 Å². The number of rotatable bonds is 6. The zero-order valence-electron chi connectivity index (χ0n) is 12.5. The van der Waals surface area contributed by atoms with Crippen molar-refractivity contribution in [1.82, 2.24) is 10.2 Å². The van der Waals surface area contributed by atoms with E-state index < -0.39 is 0 Å². The third-order valence-electron chi connectivity index (χ3n) is 4.21. The molecule has 19 heavy (non-hydrogen) atoms. The summed E-state index contributed by atoms with van der Waals surface area (Å²) >= 11 is 0. The van der Waals surface area contributed by atoms with Gasteiger partial charge in [-0.15, -0.1) is 0 Å². The van der Waals surface area contributed by atoms with Crippen molar-refractivity contribution in [3.63, 3.8) is 0 Å². The highest BCUT2D eigenvalue weighted by atomic mass is 15.1. The van der Waals surface area contributed by atoms with E-state index in [1.54, 1.807) is 0 Å². The Hall–Kier alpha value is -0.860. The highest BCUT2D eigenvalue weighted by Crippen LogP contribution is 2.19. The van der Waals surface area contributed by atoms with Crippen LogP contribution < -0.4 is 5.32 Å². The molecule has 2 heteroatoms. The van der Waals surface area contributed by atoms with E-state index in [1.807, 2.05) is 0 Å². The molecule has 1 aromatic rings. The molecular weight excluding hydrogens is 232 g/mol. The Kier molecular flexibility index (Phi) is 5.87. The van der Waals surface area contributed by atoms with Gasteiger partial charge in [-0.1, -0.05) is 38.1 Å². The number of nitrogens with zero attached hydrogens (tertiary/aromatic N) is 1. The lowest BCUT2D eigenvalue weighted by atomic mass is 9.97. The molecule has 0 unspecified atom stereocenters. The summed E-state index contributed by atoms with van der Waals surface area (Å²) in [5.41, 5.74) is 3.04. The molecule has 0 amide bonds. The average molecular weight is 260 g/mol. The Morgan fingerprint density at radius 1 is 1.16 bits per heavy atom. The van der Waals surface area contributed by atoms with Crippen LogP contribution in [0.2, 0.25) is 0 Å². The summed E-state index contributed by atoms with van der Waals surface area (Å²) in [6, 6.07) is 8.94. The fourth-order valence-electron chi connectivity index (χ4n) is 2.82. The number of nitrogens with one attached hydrogen (secondary N) is 1. The standard InChI is InChI=1S/C17H28N2/c1-3-18-11-8-16-6-4-5-7-17(16)14-19-12-9-15(2)10-13-19/h4-7,15,18H,3,8-14H2,1-2H3. The molecule has 1 fully saturated rings. The van der Waals surface area contributed by atoms with Gasteiger partial charge in [0.25, 0.3) is 0 Å². The zero-order valence-corrected chi connectivity index (χ0v) is 12.5. The first-order chi connectivity index (χ1) is 9.29. The van der Waals surface area contributed by atoms with Gasteiger partial charge in [0.2, 0.25) is 0 Å². The van der Waals surface area contributed by atoms with Crippen molar-refractivity contribution in [2.75, 3.05) is 26.2 Å². The quantitative estimate of drug-likeness (QED) is 0.791. The van der Waals surface area contributed by atoms with Crippen molar-refractivity contribution in [3.8, 4) is 0 Å². The van der Waals surface area contributed by atoms with Gasteiger partial charge in [0, 0.05) is 6.54 Å². The molecule has 106 valence electrons. The molecule has 1 aliphatic rings. The van der Waals surface area contributed by atoms with Gasteiger partial charge in [0.15, 0.2) is 0 Å². The first-order valence-corrected chi connectivity index (χ1v) is 7.79. The number of hydrogen-bond acceptors (Lipinski definition) is 2. The van der Waals surface area contributed by atoms with Crippen molar-refractivity contribution in [2.24, 2.45) is 5.92 Å². The van der Waals surface area contributed by atoms with Crippen molar-refractivity contribution in [3.05, 3.63) is 35.4 Å². The Morgan fingerprint density at radius 2 is 1.84 bits per heavy atom. The van der Waals surface area contributed by atoms with E-state index in [1.165, 1.54) is 37.1 Å². The third-order valence-corrected chi connectivity index (χ3v) is 4.21. The zero-order chi connectivity index (χ0) is 13.5. The molecule has 2 rings (SSSR count). The molecule has 2 nitrogen and oxygen atoms in total. The van der Waals surface area contributed by atoms with Gasteiger partial charge < -0.3 is 5.32 Å². The number of hydrogen-bond donors (Lipinski definition) is 1. The number of likely N-dealkylation sites (N-methyl/N-ethyl adjacent to an activating group) is 1. The summed E-state index contributed by atoms with van der Waals surface area (Å²) in [7, 11) is 0. The lowest BCUT2D eigenvalue weighted by molar-refractivity contribution is 0.185. The molecule has 0 aromatic heterocycles. The van der Waals surface area contributed by atoms with Crippen molar-refractivity contribution in [2.45, 2.75) is 39.7 Å². The summed E-state index contributed by atoms with van der Waals surface area (Å²) in [5.74, 6) is 0.917. The monoisotopic (exact) mass is 260 g/mol. The second kappa shape index (κ2) is 7.66. The molecule has 0 radical (unpaired) electrons. The number of likely N-dealkylation sites (tertiary alicyclic amines) is 1. The normalized spacial score (nSPS) is 17.8. The summed E-state index contributed by atoms with van der Waals surface area (Å²) in [6.45, 7) is 10.4. The Morgan fingerprint density at radius 3 is 2.53 bits per heavy atom. The maximum atomic E-state index is 3.42. The van der Waals surface area contributed by atoms with Crippen LogP contribution in [0.25, 0.3) is 0 Å². The molecule has 1 aliphatic heterocycles. The Balaban J connectivity index is 1.91. The molecule has 1 N–H and O–H groups in total. The van der Waals surface area contributed by atoms with Crippen LogP contribution in [0.4, 0.5) is 0 Å². The predicted octanol–water partition coefficient (Wildman–Crippen LogP) is 3.07. The number of benzene rings is 1. The minimum absolute atomic E-state index is 0.917. The minimum Gasteiger partial charge on any atom is -0.317 e. The predicted molar refractivity (Wildman–Crippen MR) is 82.4 cm³/mol. The molecule has 1 heterocycles. The van der Waals surface area contributed by atoms with Gasteiger partial charge in [-0.2, -0.15) is 0 Å². The third kappa shape index (κ3) is 4.63. The van der Waals surface area contributed by atoms with Crippen LogP contribution in [0.1, 0.15) is 37.8 Å². The van der Waals surface area contributed by atoms with Crippen LogP contribution in [0.15, 0.2) is 24.3 Å². The SMILES string of the molecule is CCNCCc1ccccc1CN1CCC(C)CC1. The Labute approximate surface area is 118 Å². The highest BCUT2D eigenvalue weighted by Gasteiger charge is 2.16. The van der Waals surface area contributed by atoms with E-state index in [0.29, 0.717) is 0 Å². The smallest absolute Gasteiger partial charge is 0.0236 e. The lowest BCUT2D eigenvalue weighted by Gasteiger charge is -2.30. The molecular formula is C17H28N2. The lowest BCUT2D eigenvalue weighted by Crippen LogP contribution is -2.32. The van der Waals surface area contributed by atoms with E-state index in [2.05, 4.69) is 48.3 Å². The van der Waals surface area contributed by atoms with Crippen LogP contribution in [0.5, 0.6) is 0 Å². The van der Waals surface area contributed by atoms with Crippen molar-refractivity contribution < 1.29 is 0 Å². The minimum atomic E-state index is 0.917. The molecule has 0 spiro atoms. The van der Waals surface area contributed by atoms with E-state index in [9.17, 15) is 0 Å². The van der Waals surface area contributed by atoms with Gasteiger partial charge in [-0.3, -0.25) is 4.90 Å². The van der Waals surface area contributed by atoms with E-state index >= 15 is 0 Å². The van der Waals surface area contributed by atoms with Crippen LogP contribution >= 0.6 is 0 Å². The Bertz CT molecular complexity index is 367. The van der Waals surface area contributed by atoms with Gasteiger partial charge >= 0.3 is 0 Å². The maximum Gasteiger partial charge on any atom is 0.0236 e. The number of piperidine rings is 1. The molecule has 0 saturated carbocycles. The van der Waals surface area contributed by atoms with Crippen molar-refractivity contribution in [1.29, 1.82) is 0 Å². The second-order valence-electron chi connectivity index (χ2n) is 5.83. The fourth-order valence-corrected chi connectivity index (χ4v) is 2.82. The molecule has 1 aromatic carbocycles. The topological polar surface area (TPSA) is 15.3 Å². The van der Waals surface area contributed by atoms with Crippen molar-refractivity contribution >= 4 is 0 Å². The van der Waals surface area contributed by atoms with Gasteiger partial charge in [-0.05, 0) is 62.5 Å². The van der Waals surface area contributed by atoms with Crippen LogP contribution in [-0.2, 0) is 13.0 Å². The summed E-state index contributed by atoms with van der Waals surface area (Å²) in [4.78, 5) is 2.62. The van der Waals surface area contributed by atoms with E-state index in [4.69, 9.17) is 0 Å². The fraction of sp³-hybridized carbons (Fsp3) is 0.647. The average Bonchev–Trinajstić information content (AvgIpc) is 2.43.